The molecule has 1 N–H and O–H groups in total. The van der Waals surface area contributed by atoms with Gasteiger partial charge in [-0.25, -0.2) is 0 Å². The second kappa shape index (κ2) is 19.4. The molecule has 3 heteroatoms. The van der Waals surface area contributed by atoms with Crippen molar-refractivity contribution in [2.45, 2.75) is 96.8 Å². The fraction of sp³-hybridized carbons (Fsp3) is 0.833. The third-order valence-corrected chi connectivity index (χ3v) is 3.65. The molecule has 0 rings (SSSR count). The van der Waals surface area contributed by atoms with Gasteiger partial charge in [-0.2, -0.15) is 0 Å². The van der Waals surface area contributed by atoms with Crippen LogP contribution in [0.4, 0.5) is 0 Å². The van der Waals surface area contributed by atoms with Gasteiger partial charge < -0.3 is 7.96 Å². The number of aliphatic carboxylic acids is 1. The average Bonchev–Trinajstić information content (AvgIpc) is 2.43. The zero-order chi connectivity index (χ0) is 14.9. The van der Waals surface area contributed by atoms with Crippen molar-refractivity contribution in [2.75, 3.05) is 0 Å². The molecule has 0 radical (unpaired) electrons. The van der Waals surface area contributed by atoms with Crippen LogP contribution in [0.2, 0.25) is 0 Å². The van der Waals surface area contributed by atoms with Gasteiger partial charge in [0.15, 0.2) is 0 Å². The Morgan fingerprint density at radius 1 is 0.810 bits per heavy atom. The first kappa shape index (κ1) is 22.7. The fourth-order valence-electron chi connectivity index (χ4n) is 2.35. The molecule has 0 saturated heterocycles. The molecule has 0 heterocycles. The Kier molecular flexibility index (Phi) is 20.9. The summed E-state index contributed by atoms with van der Waals surface area (Å²) in [7, 11) is 0. The predicted octanol–water partition coefficient (Wildman–Crippen LogP) is 5.95. The topological polar surface area (TPSA) is 37.3 Å². The molecule has 2 nitrogen and oxygen atoms in total. The van der Waals surface area contributed by atoms with Crippen molar-refractivity contribution in [3.8, 4) is 0 Å². The van der Waals surface area contributed by atoms with Gasteiger partial charge in [0.05, 0.1) is 0 Å². The van der Waals surface area contributed by atoms with E-state index in [1.807, 2.05) is 0 Å². The van der Waals surface area contributed by atoms with Crippen LogP contribution in [0, 0.1) is 0 Å². The van der Waals surface area contributed by atoms with Crippen LogP contribution in [0.5, 0.6) is 0 Å². The monoisotopic (exact) mass is 293 g/mol. The van der Waals surface area contributed by atoms with Crippen molar-refractivity contribution >= 4 is 16.1 Å². The number of carboxylic acid groups (broad SMARTS) is 1. The summed E-state index contributed by atoms with van der Waals surface area (Å²) in [6.45, 7) is 2.26. The molecule has 0 bridgehead atoms. The fourth-order valence-corrected chi connectivity index (χ4v) is 2.35. The minimum atomic E-state index is -0.664. The zero-order valence-corrected chi connectivity index (χ0v) is 14.1. The second-order valence-electron chi connectivity index (χ2n) is 5.73. The molecule has 0 aromatic rings. The van der Waals surface area contributed by atoms with Crippen LogP contribution in [0.3, 0.4) is 0 Å². The Morgan fingerprint density at radius 3 is 1.71 bits per heavy atom. The first-order chi connectivity index (χ1) is 9.77. The molecule has 0 atom stereocenters. The molecule has 0 unspecified atom stereocenters. The number of allylic oxidation sites excluding steroid dienone is 2. The van der Waals surface area contributed by atoms with E-state index in [9.17, 15) is 4.79 Å². The number of carboxylic acids is 1. The summed E-state index contributed by atoms with van der Waals surface area (Å²) < 4.78 is 0. The van der Waals surface area contributed by atoms with Gasteiger partial charge in [0.2, 0.25) is 0 Å². The summed E-state index contributed by atoms with van der Waals surface area (Å²) in [6.07, 6.45) is 21.2. The first-order valence-corrected chi connectivity index (χ1v) is 8.64. The van der Waals surface area contributed by atoms with Gasteiger partial charge in [-0.3, -0.25) is 4.79 Å². The third kappa shape index (κ3) is 21.8. The van der Waals surface area contributed by atoms with Crippen molar-refractivity contribution in [2.24, 2.45) is 0 Å². The first-order valence-electron chi connectivity index (χ1n) is 8.64. The van der Waals surface area contributed by atoms with E-state index >= 15 is 0 Å². The van der Waals surface area contributed by atoms with Crippen molar-refractivity contribution in [3.63, 3.8) is 0 Å². The van der Waals surface area contributed by atoms with Gasteiger partial charge in [0.1, 0.15) is 0 Å². The van der Waals surface area contributed by atoms with E-state index < -0.39 is 5.97 Å². The van der Waals surface area contributed by atoms with Gasteiger partial charge in [-0.15, -0.1) is 0 Å². The maximum atomic E-state index is 10.3. The van der Waals surface area contributed by atoms with Gasteiger partial charge in [0, 0.05) is 6.42 Å². The standard InChI is InChI=1S/C18H34O2.Be.2H/c1-2-3-4-5-6-7-8-9-10-11-12-13-14-15-16-17-18(19)20;;;/h9-10H,2-8,11-17H2,1H3,(H,19,20);;;/q;+2;2*-1. The van der Waals surface area contributed by atoms with Crippen molar-refractivity contribution in [1.29, 1.82) is 0 Å². The van der Waals surface area contributed by atoms with Crippen molar-refractivity contribution < 1.29 is 12.8 Å². The van der Waals surface area contributed by atoms with Crippen LogP contribution >= 0.6 is 0 Å². The van der Waals surface area contributed by atoms with Gasteiger partial charge in [0.25, 0.3) is 0 Å². The van der Waals surface area contributed by atoms with E-state index in [1.165, 1.54) is 70.6 Å². The molecule has 0 aromatic carbocycles. The molecular weight excluding hydrogens is 257 g/mol. The Balaban J connectivity index is -0.000000602. The predicted molar refractivity (Wildman–Crippen MR) is 95.1 cm³/mol. The zero-order valence-electron chi connectivity index (χ0n) is 16.1. The van der Waals surface area contributed by atoms with Crippen molar-refractivity contribution in [3.05, 3.63) is 12.2 Å². The molecule has 0 fully saturated rings. The van der Waals surface area contributed by atoms with E-state index in [1.54, 1.807) is 0 Å². The summed E-state index contributed by atoms with van der Waals surface area (Å²) >= 11 is 0. The summed E-state index contributed by atoms with van der Waals surface area (Å²) in [5.41, 5.74) is 0. The number of hydrogen-bond donors (Lipinski definition) is 1. The normalized spacial score (nSPS) is 10.7. The van der Waals surface area contributed by atoms with Crippen molar-refractivity contribution in [1.82, 2.24) is 0 Å². The van der Waals surface area contributed by atoms with Crippen LogP contribution in [0.15, 0.2) is 12.2 Å². The number of hydrogen-bond acceptors (Lipinski definition) is 1. The molecule has 0 saturated carbocycles. The minimum Gasteiger partial charge on any atom is -1.00 e. The summed E-state index contributed by atoms with van der Waals surface area (Å²) in [5.74, 6) is -0.664. The van der Waals surface area contributed by atoms with E-state index in [4.69, 9.17) is 5.11 Å². The Labute approximate surface area is 138 Å². The summed E-state index contributed by atoms with van der Waals surface area (Å²) in [4.78, 5) is 10.3. The van der Waals surface area contributed by atoms with E-state index in [2.05, 4.69) is 19.1 Å². The SMILES string of the molecule is CCCCCCCCC=CCCCCCCCC(=O)O.[Be+2].[H-].[H-]. The van der Waals surface area contributed by atoms with Crippen LogP contribution in [-0.4, -0.2) is 21.2 Å². The van der Waals surface area contributed by atoms with Gasteiger partial charge >= 0.3 is 16.1 Å². The molecule has 0 spiro atoms. The smallest absolute Gasteiger partial charge is 1.00 e. The van der Waals surface area contributed by atoms with Crippen LogP contribution in [-0.2, 0) is 4.79 Å². The maximum Gasteiger partial charge on any atom is 2.00 e. The van der Waals surface area contributed by atoms with Gasteiger partial charge in [-0.1, -0.05) is 70.4 Å². The minimum absolute atomic E-state index is 0. The van der Waals surface area contributed by atoms with Crippen LogP contribution < -0.4 is 0 Å². The molecule has 0 aromatic heterocycles. The van der Waals surface area contributed by atoms with Gasteiger partial charge in [-0.05, 0) is 32.1 Å². The summed E-state index contributed by atoms with van der Waals surface area (Å²) in [6, 6.07) is 0. The molecule has 122 valence electrons. The van der Waals surface area contributed by atoms with E-state index in [-0.39, 0.29) is 13.0 Å². The molecule has 0 aliphatic carbocycles. The van der Waals surface area contributed by atoms with Crippen LogP contribution in [0.1, 0.15) is 99.7 Å². The molecule has 21 heavy (non-hydrogen) atoms. The Bertz CT molecular complexity index is 249. The number of unbranched alkanes of at least 4 members (excludes halogenated alkanes) is 11. The average molecular weight is 293 g/mol. The molecule has 0 amide bonds. The largest absolute Gasteiger partial charge is 2.00 e. The molecule has 0 aliphatic rings. The number of rotatable bonds is 15. The van der Waals surface area contributed by atoms with Crippen LogP contribution in [0.25, 0.3) is 0 Å². The Morgan fingerprint density at radius 2 is 1.24 bits per heavy atom. The molecule has 0 aliphatic heterocycles. The van der Waals surface area contributed by atoms with E-state index in [0.717, 1.165) is 12.8 Å². The molecular formula is C18H36BeO2. The second-order valence-corrected chi connectivity index (χ2v) is 5.73. The quantitative estimate of drug-likeness (QED) is 0.230. The maximum absolute atomic E-state index is 10.3. The van der Waals surface area contributed by atoms with E-state index in [0.29, 0.717) is 6.42 Å². The number of carbonyl (C=O) groups is 1. The third-order valence-electron chi connectivity index (χ3n) is 3.65. The Hall–Kier alpha value is -0.621. The summed E-state index contributed by atoms with van der Waals surface area (Å²) in [5, 5.41) is 8.51.